The molecular weight excluding hydrogens is 250 g/mol. The molecule has 1 aromatic carbocycles. The Morgan fingerprint density at radius 3 is 2.30 bits per heavy atom. The van der Waals surface area contributed by atoms with E-state index in [1.165, 1.54) is 11.1 Å². The van der Waals surface area contributed by atoms with Crippen LogP contribution < -0.4 is 4.74 Å². The summed E-state index contributed by atoms with van der Waals surface area (Å²) >= 11 is 0. The number of aliphatic hydroxyl groups excluding tert-OH is 1. The maximum absolute atomic E-state index is 10.1. The number of aryl methyl sites for hydroxylation is 1. The molecule has 0 bridgehead atoms. The lowest BCUT2D eigenvalue weighted by molar-refractivity contribution is -0.873. The number of quaternary nitrogens is 1. The highest BCUT2D eigenvalue weighted by Crippen LogP contribution is 2.32. The Kier molecular flexibility index (Phi) is 5.22. The van der Waals surface area contributed by atoms with Gasteiger partial charge in [-0.05, 0) is 24.0 Å². The fraction of sp³-hybridized carbons (Fsp3) is 0.647. The number of rotatable bonds is 5. The molecule has 20 heavy (non-hydrogen) atoms. The second kappa shape index (κ2) is 6.15. The van der Waals surface area contributed by atoms with E-state index in [0.717, 1.165) is 10.2 Å². The minimum absolute atomic E-state index is 0.0341. The average Bonchev–Trinajstić information content (AvgIpc) is 2.23. The van der Waals surface area contributed by atoms with Crippen LogP contribution in [0.2, 0.25) is 0 Å². The van der Waals surface area contributed by atoms with Gasteiger partial charge in [0.25, 0.3) is 0 Å². The molecule has 0 saturated heterocycles. The molecule has 1 rings (SSSR count). The molecular formula is C17H30NO2+. The molecule has 1 aromatic rings. The first-order valence-corrected chi connectivity index (χ1v) is 7.21. The first kappa shape index (κ1) is 17.0. The van der Waals surface area contributed by atoms with Gasteiger partial charge in [-0.25, -0.2) is 0 Å². The summed E-state index contributed by atoms with van der Waals surface area (Å²) in [6.07, 6.45) is -0.455. The van der Waals surface area contributed by atoms with Gasteiger partial charge in [-0.1, -0.05) is 38.5 Å². The molecule has 1 atom stereocenters. The summed E-state index contributed by atoms with van der Waals surface area (Å²) in [5.41, 5.74) is 2.45. The predicted octanol–water partition coefficient (Wildman–Crippen LogP) is 2.74. The monoisotopic (exact) mass is 280 g/mol. The van der Waals surface area contributed by atoms with Gasteiger partial charge in [-0.3, -0.25) is 0 Å². The molecule has 114 valence electrons. The van der Waals surface area contributed by atoms with Crippen LogP contribution in [-0.4, -0.2) is 50.0 Å². The summed E-state index contributed by atoms with van der Waals surface area (Å²) in [5.74, 6) is 0.878. The van der Waals surface area contributed by atoms with Crippen LogP contribution in [0.1, 0.15) is 31.9 Å². The second-order valence-electron chi connectivity index (χ2n) is 7.69. The van der Waals surface area contributed by atoms with E-state index in [4.69, 9.17) is 4.74 Å². The number of benzene rings is 1. The van der Waals surface area contributed by atoms with Gasteiger partial charge >= 0.3 is 0 Å². The van der Waals surface area contributed by atoms with Crippen molar-refractivity contribution in [2.75, 3.05) is 34.3 Å². The van der Waals surface area contributed by atoms with Crippen molar-refractivity contribution in [3.05, 3.63) is 29.3 Å². The van der Waals surface area contributed by atoms with Crippen LogP contribution in [0, 0.1) is 6.92 Å². The lowest BCUT2D eigenvalue weighted by Gasteiger charge is -2.28. The van der Waals surface area contributed by atoms with Crippen LogP contribution in [0.5, 0.6) is 5.75 Å². The highest BCUT2D eigenvalue weighted by Gasteiger charge is 2.21. The predicted molar refractivity (Wildman–Crippen MR) is 84.3 cm³/mol. The van der Waals surface area contributed by atoms with Crippen molar-refractivity contribution in [2.24, 2.45) is 0 Å². The minimum Gasteiger partial charge on any atom is -0.490 e. The van der Waals surface area contributed by atoms with Gasteiger partial charge in [-0.15, -0.1) is 0 Å². The van der Waals surface area contributed by atoms with Crippen molar-refractivity contribution < 1.29 is 14.3 Å². The van der Waals surface area contributed by atoms with E-state index in [9.17, 15) is 5.11 Å². The molecule has 0 aliphatic heterocycles. The number of ether oxygens (including phenoxy) is 1. The van der Waals surface area contributed by atoms with Gasteiger partial charge in [0.1, 0.15) is 25.0 Å². The maximum Gasteiger partial charge on any atom is 0.137 e. The van der Waals surface area contributed by atoms with Crippen LogP contribution in [0.25, 0.3) is 0 Å². The third kappa shape index (κ3) is 5.51. The highest BCUT2D eigenvalue weighted by molar-refractivity contribution is 5.41. The lowest BCUT2D eigenvalue weighted by atomic mass is 9.85. The number of hydrogen-bond acceptors (Lipinski definition) is 2. The SMILES string of the molecule is Cc1ccc(OC[C@@H](O)C[N+](C)(C)C)c(C(C)(C)C)c1. The summed E-state index contributed by atoms with van der Waals surface area (Å²) in [6, 6.07) is 6.23. The van der Waals surface area contributed by atoms with E-state index >= 15 is 0 Å². The molecule has 0 amide bonds. The molecule has 0 heterocycles. The van der Waals surface area contributed by atoms with Crippen LogP contribution in [0.15, 0.2) is 18.2 Å². The zero-order valence-corrected chi connectivity index (χ0v) is 14.0. The van der Waals surface area contributed by atoms with E-state index in [1.807, 2.05) is 6.07 Å². The Labute approximate surface area is 123 Å². The zero-order valence-electron chi connectivity index (χ0n) is 14.0. The van der Waals surface area contributed by atoms with Crippen molar-refractivity contribution >= 4 is 0 Å². The Hall–Kier alpha value is -1.06. The van der Waals surface area contributed by atoms with Gasteiger partial charge in [0.2, 0.25) is 0 Å². The molecule has 0 unspecified atom stereocenters. The minimum atomic E-state index is -0.455. The van der Waals surface area contributed by atoms with Gasteiger partial charge in [0.15, 0.2) is 0 Å². The summed E-state index contributed by atoms with van der Waals surface area (Å²) in [6.45, 7) is 9.63. The molecule has 0 aromatic heterocycles. The number of likely N-dealkylation sites (N-methyl/N-ethyl adjacent to an activating group) is 1. The van der Waals surface area contributed by atoms with Crippen LogP contribution in [-0.2, 0) is 5.41 Å². The maximum atomic E-state index is 10.1. The Morgan fingerprint density at radius 1 is 1.20 bits per heavy atom. The van der Waals surface area contributed by atoms with E-state index in [0.29, 0.717) is 13.2 Å². The fourth-order valence-corrected chi connectivity index (χ4v) is 2.23. The normalized spacial score (nSPS) is 14.2. The molecule has 0 saturated carbocycles. The van der Waals surface area contributed by atoms with Crippen LogP contribution in [0.3, 0.4) is 0 Å². The van der Waals surface area contributed by atoms with Crippen LogP contribution >= 0.6 is 0 Å². The van der Waals surface area contributed by atoms with Gasteiger partial charge < -0.3 is 14.3 Å². The second-order valence-corrected chi connectivity index (χ2v) is 7.69. The largest absolute Gasteiger partial charge is 0.490 e. The van der Waals surface area contributed by atoms with Crippen molar-refractivity contribution in [1.82, 2.24) is 0 Å². The first-order valence-electron chi connectivity index (χ1n) is 7.21. The highest BCUT2D eigenvalue weighted by atomic mass is 16.5. The summed E-state index contributed by atoms with van der Waals surface area (Å²) in [5, 5.41) is 10.1. The molecule has 0 aliphatic rings. The van der Waals surface area contributed by atoms with Crippen molar-refractivity contribution in [3.8, 4) is 5.75 Å². The van der Waals surface area contributed by atoms with Crippen molar-refractivity contribution in [1.29, 1.82) is 0 Å². The summed E-state index contributed by atoms with van der Waals surface area (Å²) in [7, 11) is 6.20. The molecule has 0 spiro atoms. The van der Waals surface area contributed by atoms with Gasteiger partial charge in [0, 0.05) is 0 Å². The van der Waals surface area contributed by atoms with Crippen LogP contribution in [0.4, 0.5) is 0 Å². The lowest BCUT2D eigenvalue weighted by Crippen LogP contribution is -2.43. The Morgan fingerprint density at radius 2 is 1.80 bits per heavy atom. The zero-order chi connectivity index (χ0) is 15.6. The smallest absolute Gasteiger partial charge is 0.137 e. The number of nitrogens with zero attached hydrogens (tertiary/aromatic N) is 1. The first-order chi connectivity index (χ1) is 8.99. The van der Waals surface area contributed by atoms with Gasteiger partial charge in [0.05, 0.1) is 21.1 Å². The number of aliphatic hydroxyl groups is 1. The van der Waals surface area contributed by atoms with E-state index in [1.54, 1.807) is 0 Å². The average molecular weight is 280 g/mol. The molecule has 0 radical (unpaired) electrons. The molecule has 3 heteroatoms. The Bertz CT molecular complexity index is 441. The third-order valence-corrected chi connectivity index (χ3v) is 3.13. The third-order valence-electron chi connectivity index (χ3n) is 3.13. The van der Waals surface area contributed by atoms with Crippen molar-refractivity contribution in [2.45, 2.75) is 39.2 Å². The summed E-state index contributed by atoms with van der Waals surface area (Å²) < 4.78 is 6.59. The topological polar surface area (TPSA) is 29.5 Å². The van der Waals surface area contributed by atoms with E-state index in [-0.39, 0.29) is 5.41 Å². The quantitative estimate of drug-likeness (QED) is 0.840. The van der Waals surface area contributed by atoms with E-state index in [2.05, 4.69) is 61.0 Å². The Balaban J connectivity index is 2.78. The van der Waals surface area contributed by atoms with Gasteiger partial charge in [-0.2, -0.15) is 0 Å². The number of hydrogen-bond donors (Lipinski definition) is 1. The van der Waals surface area contributed by atoms with E-state index < -0.39 is 6.10 Å². The molecule has 0 fully saturated rings. The fourth-order valence-electron chi connectivity index (χ4n) is 2.23. The molecule has 0 aliphatic carbocycles. The van der Waals surface area contributed by atoms with Crippen molar-refractivity contribution in [3.63, 3.8) is 0 Å². The molecule has 1 N–H and O–H groups in total. The standard InChI is InChI=1S/C17H30NO2/c1-13-8-9-16(15(10-13)17(2,3)4)20-12-14(19)11-18(5,6)7/h8-10,14,19H,11-12H2,1-7H3/q+1/t14-/m0/s1. The molecule has 3 nitrogen and oxygen atoms in total. The summed E-state index contributed by atoms with van der Waals surface area (Å²) in [4.78, 5) is 0.